The van der Waals surface area contributed by atoms with E-state index in [1.807, 2.05) is 59.5 Å². The zero-order chi connectivity index (χ0) is 58.9. The number of aliphatic imine (C=N–C) groups is 1. The molecule has 3 aromatic rings. The molecular formula is C55H82N14O12. The van der Waals surface area contributed by atoms with Crippen LogP contribution < -0.4 is 48.7 Å². The summed E-state index contributed by atoms with van der Waals surface area (Å²) < 4.78 is 0. The number of guanidine groups is 1. The zero-order valence-electron chi connectivity index (χ0n) is 46.2. The summed E-state index contributed by atoms with van der Waals surface area (Å²) in [5, 5.41) is 58.0. The summed E-state index contributed by atoms with van der Waals surface area (Å²) in [7, 11) is 0. The molecule has 1 heterocycles. The number of aliphatic carboxylic acids is 3. The second kappa shape index (κ2) is 36.4. The number of aromatic hydroxyl groups is 1. The average Bonchev–Trinajstić information content (AvgIpc) is 3.42. The number of rotatable bonds is 31. The van der Waals surface area contributed by atoms with E-state index in [0.29, 0.717) is 95.6 Å². The van der Waals surface area contributed by atoms with Crippen LogP contribution in [0, 0.1) is 0 Å². The highest BCUT2D eigenvalue weighted by Crippen LogP contribution is 2.27. The Morgan fingerprint density at radius 2 is 1.12 bits per heavy atom. The lowest BCUT2D eigenvalue weighted by Gasteiger charge is -2.32. The first kappa shape index (κ1) is 65.6. The van der Waals surface area contributed by atoms with E-state index in [-0.39, 0.29) is 95.4 Å². The predicted molar refractivity (Wildman–Crippen MR) is 304 cm³/mol. The lowest BCUT2D eigenvalue weighted by molar-refractivity contribution is -0.140. The minimum Gasteiger partial charge on any atom is -0.508 e. The molecule has 0 aromatic heterocycles. The van der Waals surface area contributed by atoms with Gasteiger partial charge in [-0.3, -0.25) is 63.5 Å². The molecule has 1 saturated heterocycles. The van der Waals surface area contributed by atoms with E-state index >= 15 is 0 Å². The predicted octanol–water partition coefficient (Wildman–Crippen LogP) is -0.253. The van der Waals surface area contributed by atoms with Crippen molar-refractivity contribution in [1.82, 2.24) is 51.5 Å². The first-order valence-corrected chi connectivity index (χ1v) is 27.3. The fraction of sp³-hybridized carbons (Fsp3) is 0.509. The Balaban J connectivity index is 1.22. The Morgan fingerprint density at radius 3 is 1.68 bits per heavy atom. The van der Waals surface area contributed by atoms with Crippen molar-refractivity contribution >= 4 is 59.2 Å². The van der Waals surface area contributed by atoms with E-state index in [1.165, 1.54) is 12.1 Å². The maximum Gasteiger partial charge on any atom is 0.321 e. The van der Waals surface area contributed by atoms with E-state index in [1.54, 1.807) is 33.8 Å². The maximum atomic E-state index is 14.3. The molecule has 1 aliphatic heterocycles. The molecule has 15 N–H and O–H groups in total. The molecule has 26 nitrogen and oxygen atoms in total. The van der Waals surface area contributed by atoms with Crippen LogP contribution >= 0.6 is 0 Å². The highest BCUT2D eigenvalue weighted by Gasteiger charge is 2.28. The monoisotopic (exact) mass is 1130 g/mol. The minimum absolute atomic E-state index is 0.00391. The maximum absolute atomic E-state index is 14.3. The van der Waals surface area contributed by atoms with Gasteiger partial charge in [0.15, 0.2) is 5.96 Å². The summed E-state index contributed by atoms with van der Waals surface area (Å²) in [6, 6.07) is 20.8. The summed E-state index contributed by atoms with van der Waals surface area (Å²) in [5.41, 5.74) is 15.0. The highest BCUT2D eigenvalue weighted by atomic mass is 16.4. The summed E-state index contributed by atoms with van der Waals surface area (Å²) in [4.78, 5) is 111. The van der Waals surface area contributed by atoms with Gasteiger partial charge in [0, 0.05) is 97.3 Å². The molecule has 3 aromatic carbocycles. The lowest BCUT2D eigenvalue weighted by Crippen LogP contribution is -2.49. The van der Waals surface area contributed by atoms with E-state index in [2.05, 4.69) is 42.2 Å². The Hall–Kier alpha value is -7.91. The molecule has 3 atom stereocenters. The number of carboxylic acid groups (broad SMARTS) is 3. The van der Waals surface area contributed by atoms with Gasteiger partial charge in [-0.15, -0.1) is 0 Å². The van der Waals surface area contributed by atoms with Crippen LogP contribution in [0.4, 0.5) is 10.5 Å². The number of phenolic OH excluding ortho intramolecular Hbond substituents is 1. The normalized spacial score (nSPS) is 15.3. The number of amides is 6. The van der Waals surface area contributed by atoms with Crippen LogP contribution in [0.25, 0.3) is 0 Å². The number of hydrogen-bond acceptors (Lipinski definition) is 16. The van der Waals surface area contributed by atoms with Crippen LogP contribution in [0.15, 0.2) is 83.9 Å². The van der Waals surface area contributed by atoms with Gasteiger partial charge in [-0.1, -0.05) is 54.6 Å². The largest absolute Gasteiger partial charge is 0.508 e. The molecule has 0 saturated carbocycles. The van der Waals surface area contributed by atoms with Gasteiger partial charge in [0.1, 0.15) is 11.8 Å². The van der Waals surface area contributed by atoms with Gasteiger partial charge in [0.2, 0.25) is 23.6 Å². The first-order chi connectivity index (χ1) is 38.9. The second-order valence-corrected chi connectivity index (χ2v) is 19.6. The molecule has 26 heteroatoms. The van der Waals surface area contributed by atoms with E-state index < -0.39 is 53.8 Å². The number of carbonyl (C=O) groups is 8. The molecule has 6 amide bonds. The molecular weight excluding hydrogens is 1050 g/mol. The van der Waals surface area contributed by atoms with Crippen molar-refractivity contribution in [3.63, 3.8) is 0 Å². The topological polar surface area (TPSA) is 379 Å². The van der Waals surface area contributed by atoms with Gasteiger partial charge >= 0.3 is 23.9 Å². The van der Waals surface area contributed by atoms with Gasteiger partial charge < -0.3 is 63.8 Å². The summed E-state index contributed by atoms with van der Waals surface area (Å²) >= 11 is 0. The number of nitrogens with one attached hydrogen (secondary N) is 7. The molecule has 1 aliphatic rings. The van der Waals surface area contributed by atoms with E-state index in [4.69, 9.17) is 11.5 Å². The quantitative estimate of drug-likeness (QED) is 0.0224. The van der Waals surface area contributed by atoms with Crippen molar-refractivity contribution in [2.24, 2.45) is 16.5 Å². The Kier molecular flexibility index (Phi) is 29.5. The fourth-order valence-electron chi connectivity index (χ4n) is 8.80. The van der Waals surface area contributed by atoms with Gasteiger partial charge in [-0.25, -0.2) is 4.79 Å². The summed E-state index contributed by atoms with van der Waals surface area (Å²) in [6.07, 6.45) is 2.65. The van der Waals surface area contributed by atoms with Crippen molar-refractivity contribution in [3.05, 3.63) is 95.6 Å². The smallest absolute Gasteiger partial charge is 0.321 e. The SMILES string of the molecule is CCNC(=O)NC(N)=NCCC[C@@H](NC(=O)[C@@H](c1ccccc1)c1ccc(NCCCNC(=O)[C@H](N)CCCCNC(=O)CN2CCN(CC(=O)O)CCN(CC(=O)O)CCN(CC(=O)O)CC2)cc1)C(=O)NCc1ccc(O)cc1. The van der Waals surface area contributed by atoms with Crippen LogP contribution in [0.1, 0.15) is 68.1 Å². The number of nitrogens with two attached hydrogens (primary N) is 2. The van der Waals surface area contributed by atoms with Crippen LogP contribution in [0.3, 0.4) is 0 Å². The zero-order valence-corrected chi connectivity index (χ0v) is 46.2. The Labute approximate surface area is 472 Å². The first-order valence-electron chi connectivity index (χ1n) is 27.3. The number of phenols is 1. The van der Waals surface area contributed by atoms with Gasteiger partial charge in [-0.05, 0) is 86.4 Å². The average molecular weight is 1130 g/mol. The number of carboxylic acids is 3. The Bertz CT molecular complexity index is 2460. The molecule has 4 rings (SSSR count). The number of anilines is 1. The Morgan fingerprint density at radius 1 is 0.580 bits per heavy atom. The lowest BCUT2D eigenvalue weighted by atomic mass is 9.90. The second-order valence-electron chi connectivity index (χ2n) is 19.6. The standard InChI is InChI=1S/C55H82N14O12/c1-2-58-55(81)65-54(57)62-23-8-13-45(52(79)63-34-39-14-20-43(70)21-15-39)64-53(80)50(40-10-4-3-5-11-40)41-16-18-42(19-17-41)59-24-9-25-61-51(78)44(56)12-6-7-22-60-46(71)35-66-26-28-67(36-47(72)73)30-32-69(38-49(76)77)33-31-68(29-27-66)37-48(74)75/h3-5,10-11,14-21,44-45,50,59,70H,2,6-9,12-13,22-38,56H2,1H3,(H,60,71)(H,61,78)(H,63,79)(H,64,80)(H,72,73)(H,74,75)(H,76,77)(H4,57,58,62,65,81)/t44-,45-,50+/m1/s1. The van der Waals surface area contributed by atoms with Gasteiger partial charge in [0.25, 0.3) is 0 Å². The number of hydrogen-bond donors (Lipinski definition) is 13. The number of urea groups is 1. The summed E-state index contributed by atoms with van der Waals surface area (Å²) in [6.45, 7) is 5.24. The molecule has 81 heavy (non-hydrogen) atoms. The third-order valence-electron chi connectivity index (χ3n) is 13.1. The number of unbranched alkanes of at least 4 members (excludes halogenated alkanes) is 1. The third-order valence-corrected chi connectivity index (χ3v) is 13.1. The van der Waals surface area contributed by atoms with E-state index in [9.17, 15) is 58.8 Å². The molecule has 444 valence electrons. The number of nitrogens with zero attached hydrogens (tertiary/aromatic N) is 5. The molecule has 0 radical (unpaired) electrons. The van der Waals surface area contributed by atoms with Crippen LogP contribution in [0.2, 0.25) is 0 Å². The molecule has 0 aliphatic carbocycles. The van der Waals surface area contributed by atoms with Crippen molar-refractivity contribution < 1.29 is 58.8 Å². The van der Waals surface area contributed by atoms with Crippen molar-refractivity contribution in [2.45, 2.75) is 70.0 Å². The van der Waals surface area contributed by atoms with Crippen molar-refractivity contribution in [1.29, 1.82) is 0 Å². The number of carbonyl (C=O) groups excluding carboxylic acids is 5. The van der Waals surface area contributed by atoms with Gasteiger partial charge in [-0.2, -0.15) is 0 Å². The van der Waals surface area contributed by atoms with Crippen molar-refractivity contribution in [2.75, 3.05) is 117 Å². The fourth-order valence-corrected chi connectivity index (χ4v) is 8.80. The van der Waals surface area contributed by atoms with Crippen LogP contribution in [0.5, 0.6) is 5.75 Å². The van der Waals surface area contributed by atoms with Crippen LogP contribution in [-0.2, 0) is 40.1 Å². The molecule has 1 fully saturated rings. The molecule has 0 spiro atoms. The van der Waals surface area contributed by atoms with E-state index in [0.717, 1.165) is 11.3 Å². The third kappa shape index (κ3) is 26.7. The highest BCUT2D eigenvalue weighted by molar-refractivity contribution is 5.95. The summed E-state index contributed by atoms with van der Waals surface area (Å²) in [5.74, 6) is -5.27. The van der Waals surface area contributed by atoms with Gasteiger partial charge in [0.05, 0.1) is 38.1 Å². The molecule has 0 unspecified atom stereocenters. The minimum atomic E-state index is -1.04. The van der Waals surface area contributed by atoms with Crippen LogP contribution in [-0.4, -0.2) is 217 Å². The number of benzene rings is 3. The van der Waals surface area contributed by atoms with Crippen molar-refractivity contribution in [3.8, 4) is 5.75 Å². The molecule has 0 bridgehead atoms.